The minimum absolute atomic E-state index is 0.00788. The first-order valence-corrected chi connectivity index (χ1v) is 13.8. The van der Waals surface area contributed by atoms with Gasteiger partial charge in [-0.05, 0) is 76.1 Å². The molecule has 9 heteroatoms. The molecule has 0 saturated heterocycles. The largest absolute Gasteiger partial charge is 0.350 e. The van der Waals surface area contributed by atoms with Crippen LogP contribution < -0.4 is 9.62 Å². The smallest absolute Gasteiger partial charge is 0.264 e. The third-order valence-corrected chi connectivity index (χ3v) is 7.66. The van der Waals surface area contributed by atoms with Crippen molar-refractivity contribution in [3.63, 3.8) is 0 Å². The number of carbonyl (C=O) groups is 2. The molecule has 0 bridgehead atoms. The van der Waals surface area contributed by atoms with E-state index in [2.05, 4.69) is 5.32 Å². The Morgan fingerprint density at radius 3 is 2.00 bits per heavy atom. The molecule has 0 fully saturated rings. The van der Waals surface area contributed by atoms with Crippen molar-refractivity contribution in [3.05, 3.63) is 96.3 Å². The number of anilines is 1. The van der Waals surface area contributed by atoms with Crippen LogP contribution in [-0.4, -0.2) is 49.8 Å². The lowest BCUT2D eigenvalue weighted by Gasteiger charge is -2.33. The van der Waals surface area contributed by atoms with Gasteiger partial charge in [0.25, 0.3) is 10.0 Å². The van der Waals surface area contributed by atoms with Gasteiger partial charge in [-0.1, -0.05) is 48.5 Å². The fourth-order valence-electron chi connectivity index (χ4n) is 3.90. The Kier molecular flexibility index (Phi) is 9.27. The van der Waals surface area contributed by atoms with E-state index in [0.717, 1.165) is 22.0 Å². The molecule has 0 aromatic heterocycles. The topological polar surface area (TPSA) is 86.8 Å². The van der Waals surface area contributed by atoms with Crippen LogP contribution in [0, 0.1) is 5.82 Å². The maximum atomic E-state index is 13.8. The molecule has 2 amide bonds. The average molecular weight is 540 g/mol. The van der Waals surface area contributed by atoms with Crippen LogP contribution in [0.15, 0.2) is 89.8 Å². The summed E-state index contributed by atoms with van der Waals surface area (Å²) in [5.41, 5.74) is 0.593. The fraction of sp³-hybridized carbons (Fsp3) is 0.310. The number of amides is 2. The summed E-state index contributed by atoms with van der Waals surface area (Å²) in [5, 5.41) is 2.89. The van der Waals surface area contributed by atoms with Crippen LogP contribution in [-0.2, 0) is 26.0 Å². The molecule has 1 atom stereocenters. The van der Waals surface area contributed by atoms with Crippen LogP contribution >= 0.6 is 0 Å². The molecule has 0 aliphatic rings. The second-order valence-corrected chi connectivity index (χ2v) is 11.9. The van der Waals surface area contributed by atoms with Gasteiger partial charge in [0.2, 0.25) is 11.8 Å². The van der Waals surface area contributed by atoms with Crippen molar-refractivity contribution in [2.45, 2.75) is 50.6 Å². The van der Waals surface area contributed by atoms with Crippen molar-refractivity contribution in [1.29, 1.82) is 0 Å². The highest BCUT2D eigenvalue weighted by molar-refractivity contribution is 7.92. The Labute approximate surface area is 224 Å². The zero-order valence-electron chi connectivity index (χ0n) is 22.1. The van der Waals surface area contributed by atoms with Gasteiger partial charge in [-0.25, -0.2) is 12.8 Å². The normalized spacial score (nSPS) is 12.4. The minimum atomic E-state index is -4.17. The summed E-state index contributed by atoms with van der Waals surface area (Å²) in [4.78, 5) is 28.2. The molecular formula is C29H34FN3O4S. The molecule has 0 radical (unpaired) electrons. The van der Waals surface area contributed by atoms with E-state index in [9.17, 15) is 22.4 Å². The predicted molar refractivity (Wildman–Crippen MR) is 147 cm³/mol. The monoisotopic (exact) mass is 539 g/mol. The molecule has 1 N–H and O–H groups in total. The summed E-state index contributed by atoms with van der Waals surface area (Å²) >= 11 is 0. The minimum Gasteiger partial charge on any atom is -0.350 e. The lowest BCUT2D eigenvalue weighted by molar-refractivity contribution is -0.139. The molecule has 0 heterocycles. The van der Waals surface area contributed by atoms with E-state index in [0.29, 0.717) is 6.42 Å². The zero-order chi connectivity index (χ0) is 27.9. The summed E-state index contributed by atoms with van der Waals surface area (Å²) in [6, 6.07) is 21.3. The summed E-state index contributed by atoms with van der Waals surface area (Å²) in [7, 11) is -4.17. The molecule has 3 aromatic rings. The van der Waals surface area contributed by atoms with E-state index < -0.39 is 39.9 Å². The van der Waals surface area contributed by atoms with E-state index in [-0.39, 0.29) is 23.0 Å². The highest BCUT2D eigenvalue weighted by Crippen LogP contribution is 2.24. The molecule has 38 heavy (non-hydrogen) atoms. The molecule has 3 rings (SSSR count). The highest BCUT2D eigenvalue weighted by atomic mass is 32.2. The van der Waals surface area contributed by atoms with Gasteiger partial charge in [0, 0.05) is 12.1 Å². The van der Waals surface area contributed by atoms with E-state index in [4.69, 9.17) is 0 Å². The van der Waals surface area contributed by atoms with Gasteiger partial charge in [0.15, 0.2) is 0 Å². The fourth-order valence-corrected chi connectivity index (χ4v) is 5.34. The summed E-state index contributed by atoms with van der Waals surface area (Å²) < 4.78 is 41.9. The van der Waals surface area contributed by atoms with Crippen molar-refractivity contribution in [3.8, 4) is 0 Å². The van der Waals surface area contributed by atoms with Gasteiger partial charge in [0.05, 0.1) is 10.6 Å². The number of rotatable bonds is 10. The van der Waals surface area contributed by atoms with Gasteiger partial charge < -0.3 is 10.2 Å². The molecule has 1 unspecified atom stereocenters. The van der Waals surface area contributed by atoms with Gasteiger partial charge in [-0.2, -0.15) is 0 Å². The first kappa shape index (κ1) is 28.8. The molecule has 202 valence electrons. The first-order chi connectivity index (χ1) is 17.9. The van der Waals surface area contributed by atoms with Crippen molar-refractivity contribution >= 4 is 27.5 Å². The number of hydrogen-bond donors (Lipinski definition) is 1. The zero-order valence-corrected chi connectivity index (χ0v) is 22.9. The Morgan fingerprint density at radius 1 is 0.895 bits per heavy atom. The quantitative estimate of drug-likeness (QED) is 0.414. The summed E-state index contributed by atoms with van der Waals surface area (Å²) in [6.45, 7) is 6.79. The lowest BCUT2D eigenvalue weighted by atomic mass is 10.1. The van der Waals surface area contributed by atoms with Crippen molar-refractivity contribution in [2.24, 2.45) is 0 Å². The number of benzene rings is 3. The van der Waals surface area contributed by atoms with Gasteiger partial charge in [-0.3, -0.25) is 13.9 Å². The standard InChI is InChI=1S/C29H34FN3O4S/c1-22(28(35)31-29(2,3)4)32(20-19-23-11-7-5-8-12-23)27(34)21-33(25-17-15-24(30)16-18-25)38(36,37)26-13-9-6-10-14-26/h5-18,22H,19-21H2,1-4H3,(H,31,35). The SMILES string of the molecule is CC(C(=O)NC(C)(C)C)N(CCc1ccccc1)C(=O)CN(c1ccc(F)cc1)S(=O)(=O)c1ccccc1. The van der Waals surface area contributed by atoms with Gasteiger partial charge in [0.1, 0.15) is 18.4 Å². The van der Waals surface area contributed by atoms with Gasteiger partial charge in [-0.15, -0.1) is 0 Å². The third kappa shape index (κ3) is 7.64. The number of nitrogens with zero attached hydrogens (tertiary/aromatic N) is 2. The molecule has 0 saturated carbocycles. The van der Waals surface area contributed by atoms with Crippen LogP contribution in [0.2, 0.25) is 0 Å². The van der Waals surface area contributed by atoms with Crippen molar-refractivity contribution < 1.29 is 22.4 Å². The number of carbonyl (C=O) groups excluding carboxylic acids is 2. The second kappa shape index (κ2) is 12.2. The summed E-state index contributed by atoms with van der Waals surface area (Å²) in [6.07, 6.45) is 0.474. The maximum Gasteiger partial charge on any atom is 0.264 e. The Morgan fingerprint density at radius 2 is 1.45 bits per heavy atom. The first-order valence-electron chi connectivity index (χ1n) is 12.4. The predicted octanol–water partition coefficient (Wildman–Crippen LogP) is 4.40. The maximum absolute atomic E-state index is 13.8. The summed E-state index contributed by atoms with van der Waals surface area (Å²) in [5.74, 6) is -1.44. The molecule has 0 aliphatic heterocycles. The second-order valence-electron chi connectivity index (χ2n) is 10.0. The van der Waals surface area contributed by atoms with Crippen LogP contribution in [0.5, 0.6) is 0 Å². The molecule has 7 nitrogen and oxygen atoms in total. The van der Waals surface area contributed by atoms with Crippen LogP contribution in [0.4, 0.5) is 10.1 Å². The van der Waals surface area contributed by atoms with Crippen molar-refractivity contribution in [2.75, 3.05) is 17.4 Å². The Hall–Kier alpha value is -3.72. The van der Waals surface area contributed by atoms with Gasteiger partial charge >= 0.3 is 0 Å². The molecular weight excluding hydrogens is 505 g/mol. The van der Waals surface area contributed by atoms with E-state index in [1.54, 1.807) is 25.1 Å². The number of nitrogens with one attached hydrogen (secondary N) is 1. The molecule has 0 spiro atoms. The Bertz CT molecular complexity index is 1330. The van der Waals surface area contributed by atoms with Crippen LogP contribution in [0.25, 0.3) is 0 Å². The number of sulfonamides is 1. The van der Waals surface area contributed by atoms with E-state index in [1.165, 1.54) is 29.2 Å². The average Bonchev–Trinajstić information content (AvgIpc) is 2.88. The lowest BCUT2D eigenvalue weighted by Crippen LogP contribution is -2.55. The molecule has 0 aliphatic carbocycles. The number of hydrogen-bond acceptors (Lipinski definition) is 4. The van der Waals surface area contributed by atoms with Crippen LogP contribution in [0.1, 0.15) is 33.3 Å². The van der Waals surface area contributed by atoms with E-state index >= 15 is 0 Å². The van der Waals surface area contributed by atoms with E-state index in [1.807, 2.05) is 51.1 Å². The Balaban J connectivity index is 1.96. The number of halogens is 1. The molecule has 3 aromatic carbocycles. The highest BCUT2D eigenvalue weighted by Gasteiger charge is 2.33. The van der Waals surface area contributed by atoms with Crippen molar-refractivity contribution in [1.82, 2.24) is 10.2 Å². The third-order valence-electron chi connectivity index (χ3n) is 5.87. The van der Waals surface area contributed by atoms with Crippen LogP contribution in [0.3, 0.4) is 0 Å².